The number of carbonyl (C=O) groups is 2. The van der Waals surface area contributed by atoms with E-state index in [1.165, 1.54) is 0 Å². The Hall–Kier alpha value is -2.82. The first-order valence-corrected chi connectivity index (χ1v) is 10.4. The Morgan fingerprint density at radius 3 is 2.48 bits per heavy atom. The third-order valence-electron chi connectivity index (χ3n) is 5.87. The van der Waals surface area contributed by atoms with Crippen LogP contribution >= 0.6 is 0 Å². The molecular weight excluding hydrogens is 362 g/mol. The van der Waals surface area contributed by atoms with E-state index in [1.807, 2.05) is 62.4 Å². The largest absolute Gasteiger partial charge is 0.351 e. The minimum atomic E-state index is -0.581. The maximum atomic E-state index is 13.0. The average molecular weight is 394 g/mol. The molecule has 0 radical (unpaired) electrons. The number of urea groups is 1. The molecule has 154 valence electrons. The van der Waals surface area contributed by atoms with Crippen LogP contribution in [0.25, 0.3) is 0 Å². The van der Waals surface area contributed by atoms with Crippen molar-refractivity contribution < 1.29 is 9.59 Å². The summed E-state index contributed by atoms with van der Waals surface area (Å²) in [5, 5.41) is 6.11. The van der Waals surface area contributed by atoms with Gasteiger partial charge < -0.3 is 15.5 Å². The zero-order valence-corrected chi connectivity index (χ0v) is 17.6. The SMILES string of the molecule is CCc1ccccc1NC(=O)N1CCC[C@](C)(C(=O)NCc2ccccc2C)C1. The summed E-state index contributed by atoms with van der Waals surface area (Å²) in [6, 6.07) is 15.8. The van der Waals surface area contributed by atoms with E-state index in [0.29, 0.717) is 19.6 Å². The molecule has 3 amide bonds. The van der Waals surface area contributed by atoms with Gasteiger partial charge in [-0.05, 0) is 55.9 Å². The third-order valence-corrected chi connectivity index (χ3v) is 5.87. The highest BCUT2D eigenvalue weighted by Crippen LogP contribution is 2.30. The number of hydrogen-bond donors (Lipinski definition) is 2. The van der Waals surface area contributed by atoms with E-state index >= 15 is 0 Å². The van der Waals surface area contributed by atoms with Gasteiger partial charge in [-0.1, -0.05) is 49.4 Å². The van der Waals surface area contributed by atoms with Crippen molar-refractivity contribution in [2.45, 2.75) is 46.6 Å². The maximum Gasteiger partial charge on any atom is 0.321 e. The van der Waals surface area contributed by atoms with Gasteiger partial charge in [-0.3, -0.25) is 4.79 Å². The van der Waals surface area contributed by atoms with Gasteiger partial charge in [0.25, 0.3) is 0 Å². The number of hydrogen-bond acceptors (Lipinski definition) is 2. The zero-order valence-electron chi connectivity index (χ0n) is 17.6. The number of nitrogens with one attached hydrogen (secondary N) is 2. The van der Waals surface area contributed by atoms with Crippen LogP contribution in [0.1, 0.15) is 43.4 Å². The first kappa shape index (κ1) is 20.9. The van der Waals surface area contributed by atoms with Crippen molar-refractivity contribution >= 4 is 17.6 Å². The Kier molecular flexibility index (Phi) is 6.57. The molecule has 29 heavy (non-hydrogen) atoms. The summed E-state index contributed by atoms with van der Waals surface area (Å²) >= 11 is 0. The van der Waals surface area contributed by atoms with Gasteiger partial charge in [0.2, 0.25) is 5.91 Å². The molecule has 2 aromatic carbocycles. The molecule has 0 unspecified atom stereocenters. The minimum Gasteiger partial charge on any atom is -0.351 e. The fraction of sp³-hybridized carbons (Fsp3) is 0.417. The molecule has 1 saturated heterocycles. The smallest absolute Gasteiger partial charge is 0.321 e. The Morgan fingerprint density at radius 2 is 1.76 bits per heavy atom. The first-order valence-electron chi connectivity index (χ1n) is 10.4. The van der Waals surface area contributed by atoms with Crippen LogP contribution in [-0.2, 0) is 17.8 Å². The molecule has 1 heterocycles. The van der Waals surface area contributed by atoms with Gasteiger partial charge in [-0.25, -0.2) is 4.79 Å². The monoisotopic (exact) mass is 393 g/mol. The zero-order chi connectivity index (χ0) is 20.9. The topological polar surface area (TPSA) is 61.4 Å². The minimum absolute atomic E-state index is 0.00668. The predicted molar refractivity (Wildman–Crippen MR) is 117 cm³/mol. The fourth-order valence-electron chi connectivity index (χ4n) is 3.94. The summed E-state index contributed by atoms with van der Waals surface area (Å²) < 4.78 is 0. The molecular formula is C24H31N3O2. The standard InChI is InChI=1S/C24H31N3O2/c1-4-19-11-7-8-13-21(19)26-23(29)27-15-9-14-24(3,17-27)22(28)25-16-20-12-6-5-10-18(20)2/h5-8,10-13H,4,9,14-17H2,1-3H3,(H,25,28)(H,26,29)/t24-/m0/s1. The lowest BCUT2D eigenvalue weighted by molar-refractivity contribution is -0.132. The van der Waals surface area contributed by atoms with Crippen LogP contribution in [0.5, 0.6) is 0 Å². The summed E-state index contributed by atoms with van der Waals surface area (Å²) in [4.78, 5) is 27.6. The first-order chi connectivity index (χ1) is 13.9. The van der Waals surface area contributed by atoms with E-state index in [9.17, 15) is 9.59 Å². The number of rotatable bonds is 5. The summed E-state index contributed by atoms with van der Waals surface area (Å²) in [5.41, 5.74) is 3.65. The summed E-state index contributed by atoms with van der Waals surface area (Å²) in [5.74, 6) is 0.00668. The number of piperidine rings is 1. The number of anilines is 1. The Balaban J connectivity index is 1.63. The number of nitrogens with zero attached hydrogens (tertiary/aromatic N) is 1. The lowest BCUT2D eigenvalue weighted by atomic mass is 9.81. The molecule has 0 saturated carbocycles. The number of para-hydroxylation sites is 1. The second-order valence-electron chi connectivity index (χ2n) is 8.14. The number of amides is 3. The van der Waals surface area contributed by atoms with Gasteiger partial charge in [-0.15, -0.1) is 0 Å². The highest BCUT2D eigenvalue weighted by molar-refractivity contribution is 5.91. The van der Waals surface area contributed by atoms with Gasteiger partial charge in [-0.2, -0.15) is 0 Å². The van der Waals surface area contributed by atoms with Crippen molar-refractivity contribution in [1.29, 1.82) is 0 Å². The summed E-state index contributed by atoms with van der Waals surface area (Å²) in [7, 11) is 0. The quantitative estimate of drug-likeness (QED) is 0.785. The van der Waals surface area contributed by atoms with E-state index in [1.54, 1.807) is 4.90 Å². The van der Waals surface area contributed by atoms with E-state index in [-0.39, 0.29) is 11.9 Å². The van der Waals surface area contributed by atoms with Crippen molar-refractivity contribution in [1.82, 2.24) is 10.2 Å². The van der Waals surface area contributed by atoms with Gasteiger partial charge >= 0.3 is 6.03 Å². The molecule has 0 aromatic heterocycles. The number of likely N-dealkylation sites (tertiary alicyclic amines) is 1. The molecule has 0 aliphatic carbocycles. The molecule has 1 atom stereocenters. The van der Waals surface area contributed by atoms with Crippen LogP contribution in [0.15, 0.2) is 48.5 Å². The highest BCUT2D eigenvalue weighted by atomic mass is 16.2. The van der Waals surface area contributed by atoms with E-state index < -0.39 is 5.41 Å². The lowest BCUT2D eigenvalue weighted by Crippen LogP contribution is -2.52. The lowest BCUT2D eigenvalue weighted by Gasteiger charge is -2.39. The molecule has 0 bridgehead atoms. The van der Waals surface area contributed by atoms with Crippen molar-refractivity contribution in [2.75, 3.05) is 18.4 Å². The fourth-order valence-corrected chi connectivity index (χ4v) is 3.94. The van der Waals surface area contributed by atoms with Crippen molar-refractivity contribution in [3.8, 4) is 0 Å². The van der Waals surface area contributed by atoms with E-state index in [0.717, 1.165) is 41.6 Å². The van der Waals surface area contributed by atoms with Gasteiger partial charge in [0, 0.05) is 25.3 Å². The summed E-state index contributed by atoms with van der Waals surface area (Å²) in [6.07, 6.45) is 2.45. The molecule has 1 fully saturated rings. The molecule has 5 heteroatoms. The molecule has 3 rings (SSSR count). The van der Waals surface area contributed by atoms with Crippen LogP contribution in [0.4, 0.5) is 10.5 Å². The van der Waals surface area contributed by atoms with Gasteiger partial charge in [0.05, 0.1) is 5.41 Å². The van der Waals surface area contributed by atoms with E-state index in [4.69, 9.17) is 0 Å². The Morgan fingerprint density at radius 1 is 1.07 bits per heavy atom. The Labute approximate surface area is 173 Å². The number of carbonyl (C=O) groups excluding carboxylic acids is 2. The van der Waals surface area contributed by atoms with Crippen LogP contribution in [0.3, 0.4) is 0 Å². The average Bonchev–Trinajstić information content (AvgIpc) is 2.73. The van der Waals surface area contributed by atoms with Crippen molar-refractivity contribution in [3.05, 3.63) is 65.2 Å². The second-order valence-corrected chi connectivity index (χ2v) is 8.14. The molecule has 1 aliphatic heterocycles. The second kappa shape index (κ2) is 9.12. The van der Waals surface area contributed by atoms with E-state index in [2.05, 4.69) is 17.6 Å². The molecule has 5 nitrogen and oxygen atoms in total. The normalized spacial score (nSPS) is 18.9. The van der Waals surface area contributed by atoms with Gasteiger partial charge in [0.15, 0.2) is 0 Å². The van der Waals surface area contributed by atoms with Crippen LogP contribution in [0.2, 0.25) is 0 Å². The predicted octanol–water partition coefficient (Wildman–Crippen LogP) is 4.51. The van der Waals surface area contributed by atoms with Crippen molar-refractivity contribution in [2.24, 2.45) is 5.41 Å². The van der Waals surface area contributed by atoms with Crippen molar-refractivity contribution in [3.63, 3.8) is 0 Å². The van der Waals surface area contributed by atoms with Crippen LogP contribution in [-0.4, -0.2) is 29.9 Å². The van der Waals surface area contributed by atoms with Crippen LogP contribution in [0, 0.1) is 12.3 Å². The Bertz CT molecular complexity index is 880. The molecule has 1 aliphatic rings. The molecule has 2 aromatic rings. The molecule has 0 spiro atoms. The maximum absolute atomic E-state index is 13.0. The summed E-state index contributed by atoms with van der Waals surface area (Å²) in [6.45, 7) is 7.68. The van der Waals surface area contributed by atoms with Gasteiger partial charge in [0.1, 0.15) is 0 Å². The number of aryl methyl sites for hydroxylation is 2. The van der Waals surface area contributed by atoms with Crippen LogP contribution < -0.4 is 10.6 Å². The highest BCUT2D eigenvalue weighted by Gasteiger charge is 2.39. The molecule has 2 N–H and O–H groups in total. The third kappa shape index (κ3) is 4.97. The number of benzene rings is 2.